The average Bonchev–Trinajstić information content (AvgIpc) is 2.28. The van der Waals surface area contributed by atoms with Gasteiger partial charge in [0.2, 0.25) is 0 Å². The second-order valence-corrected chi connectivity index (χ2v) is 7.90. The highest BCUT2D eigenvalue weighted by molar-refractivity contribution is 7.89. The van der Waals surface area contributed by atoms with Gasteiger partial charge in [-0.05, 0) is 36.0 Å². The molecule has 0 aliphatic heterocycles. The first-order valence-electron chi connectivity index (χ1n) is 6.71. The molecular weight excluding hydrogens is 258 g/mol. The monoisotopic (exact) mass is 283 g/mol. The summed E-state index contributed by atoms with van der Waals surface area (Å²) in [5.41, 5.74) is 2.95. The summed E-state index contributed by atoms with van der Waals surface area (Å²) in [6.07, 6.45) is 1.27. The highest BCUT2D eigenvalue weighted by Crippen LogP contribution is 2.21. The second kappa shape index (κ2) is 6.42. The van der Waals surface area contributed by atoms with Gasteiger partial charge in [-0.2, -0.15) is 0 Å². The number of hydrogen-bond donors (Lipinski definition) is 1. The Balaban J connectivity index is 2.83. The van der Waals surface area contributed by atoms with Crippen molar-refractivity contribution in [2.24, 2.45) is 11.8 Å². The third-order valence-corrected chi connectivity index (χ3v) is 4.45. The van der Waals surface area contributed by atoms with Crippen molar-refractivity contribution in [2.75, 3.05) is 18.1 Å². The van der Waals surface area contributed by atoms with Crippen molar-refractivity contribution in [1.29, 1.82) is 0 Å². The Bertz CT molecular complexity index is 521. The largest absolute Gasteiger partial charge is 0.385 e. The van der Waals surface area contributed by atoms with E-state index in [9.17, 15) is 8.42 Å². The van der Waals surface area contributed by atoms with Crippen LogP contribution in [0.3, 0.4) is 0 Å². The van der Waals surface area contributed by atoms with Crippen molar-refractivity contribution in [3.05, 3.63) is 29.3 Å². The van der Waals surface area contributed by atoms with E-state index >= 15 is 0 Å². The Labute approximate surface area is 117 Å². The van der Waals surface area contributed by atoms with Crippen LogP contribution in [0.2, 0.25) is 0 Å². The first-order valence-corrected chi connectivity index (χ1v) is 8.77. The van der Waals surface area contributed by atoms with E-state index in [0.717, 1.165) is 23.4 Å². The van der Waals surface area contributed by atoms with Gasteiger partial charge in [0.25, 0.3) is 0 Å². The van der Waals surface area contributed by atoms with E-state index < -0.39 is 9.84 Å². The van der Waals surface area contributed by atoms with E-state index in [-0.39, 0.29) is 5.75 Å². The predicted molar refractivity (Wildman–Crippen MR) is 82.2 cm³/mol. The lowest BCUT2D eigenvalue weighted by Gasteiger charge is -2.19. The van der Waals surface area contributed by atoms with Gasteiger partial charge in [0.15, 0.2) is 9.84 Å². The standard InChI is InChI=1S/C15H25NO2S/c1-11(2)12(3)9-16-15-8-6-7-14(13(15)4)10-19(5,17)18/h6-8,11-12,16H,9-10H2,1-5H3. The van der Waals surface area contributed by atoms with Crippen LogP contribution in [-0.2, 0) is 15.6 Å². The minimum absolute atomic E-state index is 0.105. The molecule has 0 radical (unpaired) electrons. The van der Waals surface area contributed by atoms with Crippen molar-refractivity contribution in [3.8, 4) is 0 Å². The SMILES string of the molecule is Cc1c(CS(C)(=O)=O)cccc1NCC(C)C(C)C. The zero-order chi connectivity index (χ0) is 14.6. The van der Waals surface area contributed by atoms with Gasteiger partial charge in [-0.25, -0.2) is 8.42 Å². The lowest BCUT2D eigenvalue weighted by molar-refractivity contribution is 0.439. The Morgan fingerprint density at radius 1 is 1.21 bits per heavy atom. The maximum absolute atomic E-state index is 11.4. The molecule has 1 rings (SSSR count). The fourth-order valence-corrected chi connectivity index (χ4v) is 2.70. The molecule has 0 fully saturated rings. The number of benzene rings is 1. The second-order valence-electron chi connectivity index (χ2n) is 5.76. The van der Waals surface area contributed by atoms with Gasteiger partial charge in [-0.3, -0.25) is 0 Å². The quantitative estimate of drug-likeness (QED) is 0.871. The van der Waals surface area contributed by atoms with Crippen LogP contribution < -0.4 is 5.32 Å². The molecule has 0 amide bonds. The molecule has 1 N–H and O–H groups in total. The van der Waals surface area contributed by atoms with Crippen LogP contribution in [-0.4, -0.2) is 21.2 Å². The summed E-state index contributed by atoms with van der Waals surface area (Å²) >= 11 is 0. The minimum atomic E-state index is -2.99. The van der Waals surface area contributed by atoms with E-state index in [4.69, 9.17) is 0 Å². The number of rotatable bonds is 6. The van der Waals surface area contributed by atoms with Crippen LogP contribution in [0.15, 0.2) is 18.2 Å². The summed E-state index contributed by atoms with van der Waals surface area (Å²) in [4.78, 5) is 0. The third-order valence-electron chi connectivity index (χ3n) is 3.62. The van der Waals surface area contributed by atoms with E-state index in [1.165, 1.54) is 6.26 Å². The number of anilines is 1. The molecule has 0 saturated carbocycles. The van der Waals surface area contributed by atoms with Gasteiger partial charge in [0, 0.05) is 18.5 Å². The summed E-state index contributed by atoms with van der Waals surface area (Å²) in [7, 11) is -2.99. The molecule has 3 nitrogen and oxygen atoms in total. The van der Waals surface area contributed by atoms with E-state index in [2.05, 4.69) is 26.1 Å². The minimum Gasteiger partial charge on any atom is -0.385 e. The van der Waals surface area contributed by atoms with Crippen LogP contribution in [0.5, 0.6) is 0 Å². The molecule has 19 heavy (non-hydrogen) atoms. The molecule has 0 aliphatic carbocycles. The maximum atomic E-state index is 11.4. The van der Waals surface area contributed by atoms with Crippen LogP contribution in [0.4, 0.5) is 5.69 Å². The van der Waals surface area contributed by atoms with Gasteiger partial charge in [-0.15, -0.1) is 0 Å². The number of nitrogens with one attached hydrogen (secondary N) is 1. The van der Waals surface area contributed by atoms with Crippen LogP contribution in [0.25, 0.3) is 0 Å². The topological polar surface area (TPSA) is 46.2 Å². The maximum Gasteiger partial charge on any atom is 0.151 e. The lowest BCUT2D eigenvalue weighted by Crippen LogP contribution is -2.17. The molecule has 108 valence electrons. The predicted octanol–water partition coefficient (Wildman–Crippen LogP) is 3.24. The average molecular weight is 283 g/mol. The van der Waals surface area contributed by atoms with Gasteiger partial charge < -0.3 is 5.32 Å². The normalized spacial score (nSPS) is 13.6. The Kier molecular flexibility index (Phi) is 5.41. The smallest absolute Gasteiger partial charge is 0.151 e. The highest BCUT2D eigenvalue weighted by atomic mass is 32.2. The van der Waals surface area contributed by atoms with E-state index in [1.54, 1.807) is 0 Å². The van der Waals surface area contributed by atoms with Crippen molar-refractivity contribution in [3.63, 3.8) is 0 Å². The van der Waals surface area contributed by atoms with Crippen LogP contribution in [0.1, 0.15) is 31.9 Å². The summed E-state index contributed by atoms with van der Waals surface area (Å²) in [5.74, 6) is 1.32. The van der Waals surface area contributed by atoms with E-state index in [1.807, 2.05) is 25.1 Å². The number of hydrogen-bond acceptors (Lipinski definition) is 3. The van der Waals surface area contributed by atoms with E-state index in [0.29, 0.717) is 11.8 Å². The number of sulfone groups is 1. The first kappa shape index (κ1) is 16.0. The van der Waals surface area contributed by atoms with Gasteiger partial charge in [0.1, 0.15) is 0 Å². The van der Waals surface area contributed by atoms with Crippen molar-refractivity contribution in [2.45, 2.75) is 33.4 Å². The third kappa shape index (κ3) is 5.23. The Morgan fingerprint density at radius 3 is 2.37 bits per heavy atom. The molecule has 4 heteroatoms. The molecule has 0 aliphatic rings. The molecule has 1 aromatic rings. The van der Waals surface area contributed by atoms with Crippen molar-refractivity contribution < 1.29 is 8.42 Å². The molecular formula is C15H25NO2S. The van der Waals surface area contributed by atoms with Crippen LogP contribution >= 0.6 is 0 Å². The zero-order valence-corrected chi connectivity index (χ0v) is 13.3. The van der Waals surface area contributed by atoms with Crippen molar-refractivity contribution >= 4 is 15.5 Å². The van der Waals surface area contributed by atoms with Crippen molar-refractivity contribution in [1.82, 2.24) is 0 Å². The summed E-state index contributed by atoms with van der Waals surface area (Å²) in [6, 6.07) is 5.80. The molecule has 1 atom stereocenters. The van der Waals surface area contributed by atoms with Gasteiger partial charge in [0.05, 0.1) is 5.75 Å². The van der Waals surface area contributed by atoms with Gasteiger partial charge in [-0.1, -0.05) is 32.9 Å². The molecule has 0 saturated heterocycles. The summed E-state index contributed by atoms with van der Waals surface area (Å²) in [5, 5.41) is 3.43. The van der Waals surface area contributed by atoms with Gasteiger partial charge >= 0.3 is 0 Å². The fourth-order valence-electron chi connectivity index (χ4n) is 1.82. The first-order chi connectivity index (χ1) is 8.70. The lowest BCUT2D eigenvalue weighted by atomic mass is 9.98. The molecule has 0 bridgehead atoms. The summed E-state index contributed by atoms with van der Waals surface area (Å²) < 4.78 is 22.8. The molecule has 0 spiro atoms. The highest BCUT2D eigenvalue weighted by Gasteiger charge is 2.11. The molecule has 1 aromatic carbocycles. The van der Waals surface area contributed by atoms with Crippen LogP contribution in [0, 0.1) is 18.8 Å². The molecule has 1 unspecified atom stereocenters. The zero-order valence-electron chi connectivity index (χ0n) is 12.5. The molecule has 0 heterocycles. The summed E-state index contributed by atoms with van der Waals surface area (Å²) in [6.45, 7) is 9.51. The Hall–Kier alpha value is -1.03. The molecule has 0 aromatic heterocycles. The fraction of sp³-hybridized carbons (Fsp3) is 0.600. The Morgan fingerprint density at radius 2 is 1.84 bits per heavy atom.